The number of carboxylic acids is 1. The van der Waals surface area contributed by atoms with E-state index in [-0.39, 0.29) is 11.7 Å². The van der Waals surface area contributed by atoms with Gasteiger partial charge in [-0.05, 0) is 18.6 Å². The topological polar surface area (TPSA) is 66.4 Å². The first kappa shape index (κ1) is 13.6. The zero-order valence-electron chi connectivity index (χ0n) is 9.55. The number of hydrogen-bond donors (Lipinski definition) is 2. The predicted octanol–water partition coefficient (Wildman–Crippen LogP) is 1.76. The van der Waals surface area contributed by atoms with Gasteiger partial charge in [-0.15, -0.1) is 11.8 Å². The maximum absolute atomic E-state index is 11.5. The van der Waals surface area contributed by atoms with Crippen molar-refractivity contribution < 1.29 is 14.7 Å². The van der Waals surface area contributed by atoms with Gasteiger partial charge in [-0.25, -0.2) is 4.79 Å². The maximum atomic E-state index is 11.5. The van der Waals surface area contributed by atoms with E-state index in [1.165, 1.54) is 11.8 Å². The van der Waals surface area contributed by atoms with Crippen LogP contribution in [0.2, 0.25) is 0 Å². The van der Waals surface area contributed by atoms with Gasteiger partial charge in [-0.2, -0.15) is 0 Å². The summed E-state index contributed by atoms with van der Waals surface area (Å²) in [5.74, 6) is -1.02. The molecule has 0 spiro atoms. The van der Waals surface area contributed by atoms with Gasteiger partial charge >= 0.3 is 5.97 Å². The van der Waals surface area contributed by atoms with Gasteiger partial charge in [0.1, 0.15) is 6.04 Å². The van der Waals surface area contributed by atoms with Gasteiger partial charge in [-0.1, -0.05) is 25.1 Å². The van der Waals surface area contributed by atoms with Gasteiger partial charge < -0.3 is 10.4 Å². The van der Waals surface area contributed by atoms with Crippen molar-refractivity contribution in [3.8, 4) is 0 Å². The van der Waals surface area contributed by atoms with Crippen molar-refractivity contribution in [1.29, 1.82) is 0 Å². The smallest absolute Gasteiger partial charge is 0.326 e. The fraction of sp³-hybridized carbons (Fsp3) is 0.333. The van der Waals surface area contributed by atoms with Crippen LogP contribution < -0.4 is 5.32 Å². The lowest BCUT2D eigenvalue weighted by Crippen LogP contribution is -2.41. The molecule has 0 radical (unpaired) electrons. The highest BCUT2D eigenvalue weighted by Crippen LogP contribution is 2.16. The van der Waals surface area contributed by atoms with Crippen molar-refractivity contribution >= 4 is 23.6 Å². The molecule has 1 aromatic carbocycles. The van der Waals surface area contributed by atoms with Crippen LogP contribution in [0.3, 0.4) is 0 Å². The zero-order chi connectivity index (χ0) is 12.7. The monoisotopic (exact) mass is 253 g/mol. The minimum Gasteiger partial charge on any atom is -0.480 e. The highest BCUT2D eigenvalue weighted by molar-refractivity contribution is 8.00. The molecular formula is C12H15NO3S. The SMILES string of the molecule is CC[C@H](NC(=O)CSc1ccccc1)C(=O)O. The van der Waals surface area contributed by atoms with Crippen LogP contribution in [0.5, 0.6) is 0 Å². The molecule has 0 saturated carbocycles. The summed E-state index contributed by atoms with van der Waals surface area (Å²) in [5, 5.41) is 11.3. The van der Waals surface area contributed by atoms with Gasteiger partial charge in [0.25, 0.3) is 0 Å². The lowest BCUT2D eigenvalue weighted by molar-refractivity contribution is -0.141. The molecule has 1 atom stereocenters. The normalized spacial score (nSPS) is 11.8. The molecule has 0 unspecified atom stereocenters. The van der Waals surface area contributed by atoms with Gasteiger partial charge in [0.05, 0.1) is 5.75 Å². The maximum Gasteiger partial charge on any atom is 0.326 e. The Hall–Kier alpha value is -1.49. The first-order chi connectivity index (χ1) is 8.13. The molecule has 5 heteroatoms. The first-order valence-electron chi connectivity index (χ1n) is 5.33. The Morgan fingerprint density at radius 1 is 1.35 bits per heavy atom. The molecule has 1 aromatic rings. The van der Waals surface area contributed by atoms with Gasteiger partial charge in [0, 0.05) is 4.90 Å². The van der Waals surface area contributed by atoms with E-state index in [1.807, 2.05) is 30.3 Å². The predicted molar refractivity (Wildman–Crippen MR) is 67.0 cm³/mol. The summed E-state index contributed by atoms with van der Waals surface area (Å²) < 4.78 is 0. The number of benzene rings is 1. The molecule has 0 aliphatic rings. The fourth-order valence-electron chi connectivity index (χ4n) is 1.24. The molecule has 1 amide bonds. The zero-order valence-corrected chi connectivity index (χ0v) is 10.4. The van der Waals surface area contributed by atoms with Crippen LogP contribution >= 0.6 is 11.8 Å². The molecule has 1 rings (SSSR count). The molecular weight excluding hydrogens is 238 g/mol. The Balaban J connectivity index is 2.37. The summed E-state index contributed by atoms with van der Waals surface area (Å²) in [5.41, 5.74) is 0. The Bertz CT molecular complexity index is 381. The summed E-state index contributed by atoms with van der Waals surface area (Å²) >= 11 is 1.39. The average Bonchev–Trinajstić information content (AvgIpc) is 2.34. The third-order valence-electron chi connectivity index (χ3n) is 2.15. The molecule has 0 aromatic heterocycles. The molecule has 0 aliphatic carbocycles. The van der Waals surface area contributed by atoms with Crippen molar-refractivity contribution in [2.24, 2.45) is 0 Å². The fourth-order valence-corrected chi connectivity index (χ4v) is 1.97. The van der Waals surface area contributed by atoms with Crippen LogP contribution in [0.4, 0.5) is 0 Å². The van der Waals surface area contributed by atoms with Crippen LogP contribution in [-0.2, 0) is 9.59 Å². The summed E-state index contributed by atoms with van der Waals surface area (Å²) in [4.78, 5) is 23.2. The van der Waals surface area contributed by atoms with E-state index in [4.69, 9.17) is 5.11 Å². The second-order valence-electron chi connectivity index (χ2n) is 3.47. The summed E-state index contributed by atoms with van der Waals surface area (Å²) in [6, 6.07) is 8.72. The molecule has 92 valence electrons. The number of rotatable bonds is 6. The third kappa shape index (κ3) is 4.91. The number of carboxylic acid groups (broad SMARTS) is 1. The van der Waals surface area contributed by atoms with Crippen molar-refractivity contribution in [3.05, 3.63) is 30.3 Å². The second-order valence-corrected chi connectivity index (χ2v) is 4.52. The summed E-state index contributed by atoms with van der Waals surface area (Å²) in [7, 11) is 0. The van der Waals surface area contributed by atoms with Crippen LogP contribution in [0, 0.1) is 0 Å². The van der Waals surface area contributed by atoms with Gasteiger partial charge in [-0.3, -0.25) is 4.79 Å². The molecule has 0 aliphatic heterocycles. The molecule has 2 N–H and O–H groups in total. The number of hydrogen-bond acceptors (Lipinski definition) is 3. The Morgan fingerprint density at radius 3 is 2.53 bits per heavy atom. The molecule has 17 heavy (non-hydrogen) atoms. The lowest BCUT2D eigenvalue weighted by atomic mass is 10.2. The van der Waals surface area contributed by atoms with E-state index in [0.717, 1.165) is 4.90 Å². The van der Waals surface area contributed by atoms with E-state index >= 15 is 0 Å². The Labute approximate surface area is 104 Å². The minimum absolute atomic E-state index is 0.230. The average molecular weight is 253 g/mol. The van der Waals surface area contributed by atoms with E-state index in [1.54, 1.807) is 6.92 Å². The molecule has 0 saturated heterocycles. The van der Waals surface area contributed by atoms with E-state index < -0.39 is 12.0 Å². The summed E-state index contributed by atoms with van der Waals surface area (Å²) in [6.07, 6.45) is 0.386. The Kier molecular flexibility index (Phi) is 5.56. The van der Waals surface area contributed by atoms with Crippen molar-refractivity contribution in [2.75, 3.05) is 5.75 Å². The summed E-state index contributed by atoms with van der Waals surface area (Å²) in [6.45, 7) is 1.73. The highest BCUT2D eigenvalue weighted by atomic mass is 32.2. The number of thioether (sulfide) groups is 1. The lowest BCUT2D eigenvalue weighted by Gasteiger charge is -2.11. The number of nitrogens with one attached hydrogen (secondary N) is 1. The minimum atomic E-state index is -0.995. The van der Waals surface area contributed by atoms with Crippen LogP contribution in [0.25, 0.3) is 0 Å². The molecule has 0 fully saturated rings. The van der Waals surface area contributed by atoms with Crippen LogP contribution in [-0.4, -0.2) is 28.8 Å². The molecule has 4 nitrogen and oxygen atoms in total. The van der Waals surface area contributed by atoms with Crippen LogP contribution in [0.15, 0.2) is 35.2 Å². The van der Waals surface area contributed by atoms with Crippen LogP contribution in [0.1, 0.15) is 13.3 Å². The third-order valence-corrected chi connectivity index (χ3v) is 3.17. The number of aliphatic carboxylic acids is 1. The Morgan fingerprint density at radius 2 is 2.00 bits per heavy atom. The molecule has 0 heterocycles. The van der Waals surface area contributed by atoms with Crippen molar-refractivity contribution in [1.82, 2.24) is 5.32 Å². The van der Waals surface area contributed by atoms with Crippen molar-refractivity contribution in [3.63, 3.8) is 0 Å². The second kappa shape index (κ2) is 6.96. The van der Waals surface area contributed by atoms with E-state index in [0.29, 0.717) is 6.42 Å². The van der Waals surface area contributed by atoms with Gasteiger partial charge in [0.2, 0.25) is 5.91 Å². The van der Waals surface area contributed by atoms with E-state index in [9.17, 15) is 9.59 Å². The van der Waals surface area contributed by atoms with E-state index in [2.05, 4.69) is 5.32 Å². The highest BCUT2D eigenvalue weighted by Gasteiger charge is 2.17. The van der Waals surface area contributed by atoms with Gasteiger partial charge in [0.15, 0.2) is 0 Å². The quantitative estimate of drug-likeness (QED) is 0.758. The number of carbonyl (C=O) groups is 2. The standard InChI is InChI=1S/C12H15NO3S/c1-2-10(12(15)16)13-11(14)8-17-9-6-4-3-5-7-9/h3-7,10H,2,8H2,1H3,(H,13,14)(H,15,16)/t10-/m0/s1. The molecule has 0 bridgehead atoms. The van der Waals surface area contributed by atoms with Crippen molar-refractivity contribution in [2.45, 2.75) is 24.3 Å². The number of carbonyl (C=O) groups excluding carboxylic acids is 1. The largest absolute Gasteiger partial charge is 0.480 e. The number of amides is 1. The first-order valence-corrected chi connectivity index (χ1v) is 6.32.